The molecule has 2 rings (SSSR count). The summed E-state index contributed by atoms with van der Waals surface area (Å²) < 4.78 is 1.93. The molecule has 1 saturated carbocycles. The van der Waals surface area contributed by atoms with Crippen LogP contribution >= 0.6 is 0 Å². The van der Waals surface area contributed by atoms with Crippen LogP contribution < -0.4 is 5.32 Å². The topological polar surface area (TPSA) is 33.1 Å². The molecule has 0 amide bonds. The first kappa shape index (κ1) is 12.4. The van der Waals surface area contributed by atoms with Gasteiger partial charge in [0.1, 0.15) is 5.82 Å². The van der Waals surface area contributed by atoms with Crippen molar-refractivity contribution >= 4 is 5.82 Å². The van der Waals surface area contributed by atoms with Crippen molar-refractivity contribution < 1.29 is 0 Å². The Morgan fingerprint density at radius 2 is 2.18 bits per heavy atom. The van der Waals surface area contributed by atoms with E-state index in [9.17, 15) is 0 Å². The van der Waals surface area contributed by atoms with Crippen molar-refractivity contribution in [3.8, 4) is 0 Å². The first-order valence-electron chi connectivity index (χ1n) is 6.50. The molecular formula is C13H24N4. The predicted molar refractivity (Wildman–Crippen MR) is 71.2 cm³/mol. The molecule has 0 spiro atoms. The summed E-state index contributed by atoms with van der Waals surface area (Å²) >= 11 is 0. The highest BCUT2D eigenvalue weighted by Gasteiger charge is 2.20. The summed E-state index contributed by atoms with van der Waals surface area (Å²) in [6.07, 6.45) is 4.25. The smallest absolute Gasteiger partial charge is 0.128 e. The summed E-state index contributed by atoms with van der Waals surface area (Å²) in [5, 5.41) is 7.72. The van der Waals surface area contributed by atoms with Crippen LogP contribution in [-0.4, -0.2) is 35.3 Å². The van der Waals surface area contributed by atoms with E-state index in [0.29, 0.717) is 0 Å². The highest BCUT2D eigenvalue weighted by Crippen LogP contribution is 2.28. The summed E-state index contributed by atoms with van der Waals surface area (Å²) in [5.41, 5.74) is 2.47. The Morgan fingerprint density at radius 3 is 2.71 bits per heavy atom. The number of rotatable bonds is 5. The molecule has 17 heavy (non-hydrogen) atoms. The first-order valence-corrected chi connectivity index (χ1v) is 6.50. The zero-order valence-corrected chi connectivity index (χ0v) is 11.5. The Morgan fingerprint density at radius 1 is 1.47 bits per heavy atom. The second-order valence-electron chi connectivity index (χ2n) is 5.28. The largest absolute Gasteiger partial charge is 0.373 e. The van der Waals surface area contributed by atoms with E-state index in [0.717, 1.165) is 24.0 Å². The minimum Gasteiger partial charge on any atom is -0.373 e. The lowest BCUT2D eigenvalue weighted by Crippen LogP contribution is -2.29. The van der Waals surface area contributed by atoms with Gasteiger partial charge in [0, 0.05) is 32.7 Å². The van der Waals surface area contributed by atoms with Crippen LogP contribution in [-0.2, 0) is 13.6 Å². The van der Waals surface area contributed by atoms with Crippen LogP contribution in [0.25, 0.3) is 0 Å². The molecule has 0 unspecified atom stereocenters. The van der Waals surface area contributed by atoms with E-state index in [1.165, 1.54) is 31.4 Å². The van der Waals surface area contributed by atoms with Crippen LogP contribution in [0.1, 0.15) is 30.5 Å². The third-order valence-corrected chi connectivity index (χ3v) is 3.81. The predicted octanol–water partition coefficient (Wildman–Crippen LogP) is 2.00. The Kier molecular flexibility index (Phi) is 3.72. The van der Waals surface area contributed by atoms with Gasteiger partial charge in [0.25, 0.3) is 0 Å². The second kappa shape index (κ2) is 5.08. The van der Waals surface area contributed by atoms with E-state index in [1.54, 1.807) is 0 Å². The molecule has 96 valence electrons. The number of anilines is 1. The average Bonchev–Trinajstić information content (AvgIpc) is 2.48. The fourth-order valence-electron chi connectivity index (χ4n) is 2.65. The Hall–Kier alpha value is -1.03. The number of aromatic nitrogens is 2. The molecular weight excluding hydrogens is 212 g/mol. The zero-order chi connectivity index (χ0) is 12.4. The molecule has 4 heteroatoms. The minimum absolute atomic E-state index is 0.926. The third-order valence-electron chi connectivity index (χ3n) is 3.81. The number of nitrogens with zero attached hydrogens (tertiary/aromatic N) is 3. The van der Waals surface area contributed by atoms with Gasteiger partial charge >= 0.3 is 0 Å². The Balaban J connectivity index is 2.01. The van der Waals surface area contributed by atoms with Gasteiger partial charge in [-0.1, -0.05) is 6.42 Å². The maximum absolute atomic E-state index is 4.48. The maximum Gasteiger partial charge on any atom is 0.128 e. The van der Waals surface area contributed by atoms with Crippen molar-refractivity contribution in [2.24, 2.45) is 13.0 Å². The highest BCUT2D eigenvalue weighted by atomic mass is 15.3. The van der Waals surface area contributed by atoms with Crippen molar-refractivity contribution in [3.63, 3.8) is 0 Å². The molecule has 0 aliphatic heterocycles. The van der Waals surface area contributed by atoms with Gasteiger partial charge in [-0.15, -0.1) is 0 Å². The molecule has 1 aromatic heterocycles. The van der Waals surface area contributed by atoms with Gasteiger partial charge in [-0.3, -0.25) is 4.68 Å². The lowest BCUT2D eigenvalue weighted by molar-refractivity contribution is 0.200. The van der Waals surface area contributed by atoms with Gasteiger partial charge in [-0.25, -0.2) is 0 Å². The quantitative estimate of drug-likeness (QED) is 0.849. The van der Waals surface area contributed by atoms with Crippen LogP contribution in [0, 0.1) is 12.8 Å². The monoisotopic (exact) mass is 236 g/mol. The fraction of sp³-hybridized carbons (Fsp3) is 0.769. The molecule has 0 atom stereocenters. The van der Waals surface area contributed by atoms with Gasteiger partial charge in [0.05, 0.1) is 5.69 Å². The first-order chi connectivity index (χ1) is 8.11. The molecule has 1 N–H and O–H groups in total. The normalized spacial score (nSPS) is 16.3. The van der Waals surface area contributed by atoms with E-state index in [-0.39, 0.29) is 0 Å². The Bertz CT molecular complexity index is 379. The van der Waals surface area contributed by atoms with Crippen LogP contribution in [0.3, 0.4) is 0 Å². The molecule has 0 aromatic carbocycles. The van der Waals surface area contributed by atoms with Gasteiger partial charge in [0.2, 0.25) is 0 Å². The van der Waals surface area contributed by atoms with Crippen LogP contribution in [0.2, 0.25) is 0 Å². The molecule has 1 aliphatic carbocycles. The summed E-state index contributed by atoms with van der Waals surface area (Å²) in [6, 6.07) is 0. The van der Waals surface area contributed by atoms with Crippen molar-refractivity contribution in [2.75, 3.05) is 26.0 Å². The number of nitrogens with one attached hydrogen (secondary N) is 1. The number of hydrogen-bond acceptors (Lipinski definition) is 3. The van der Waals surface area contributed by atoms with Gasteiger partial charge in [-0.2, -0.15) is 5.10 Å². The van der Waals surface area contributed by atoms with Crippen LogP contribution in [0.5, 0.6) is 0 Å². The molecule has 1 heterocycles. The molecule has 1 fully saturated rings. The van der Waals surface area contributed by atoms with E-state index >= 15 is 0 Å². The lowest BCUT2D eigenvalue weighted by atomic mass is 9.85. The van der Waals surface area contributed by atoms with E-state index in [2.05, 4.69) is 29.3 Å². The van der Waals surface area contributed by atoms with E-state index in [4.69, 9.17) is 0 Å². The SMILES string of the molecule is CNc1c(CN(C)CC2CCC2)c(C)nn1C. The maximum atomic E-state index is 4.48. The molecule has 4 nitrogen and oxygen atoms in total. The number of hydrogen-bond donors (Lipinski definition) is 1. The van der Waals surface area contributed by atoms with Crippen LogP contribution in [0.4, 0.5) is 5.82 Å². The summed E-state index contributed by atoms with van der Waals surface area (Å²) in [6.45, 7) is 4.30. The van der Waals surface area contributed by atoms with E-state index < -0.39 is 0 Å². The summed E-state index contributed by atoms with van der Waals surface area (Å²) in [4.78, 5) is 2.43. The summed E-state index contributed by atoms with van der Waals surface area (Å²) in [5.74, 6) is 2.07. The van der Waals surface area contributed by atoms with Gasteiger partial charge < -0.3 is 10.2 Å². The molecule has 1 aromatic rings. The van der Waals surface area contributed by atoms with Crippen molar-refractivity contribution in [1.82, 2.24) is 14.7 Å². The van der Waals surface area contributed by atoms with Crippen LogP contribution in [0.15, 0.2) is 0 Å². The summed E-state index contributed by atoms with van der Waals surface area (Å²) in [7, 11) is 6.17. The van der Waals surface area contributed by atoms with Gasteiger partial charge in [-0.05, 0) is 32.7 Å². The van der Waals surface area contributed by atoms with Crippen molar-refractivity contribution in [2.45, 2.75) is 32.7 Å². The number of aryl methyl sites for hydroxylation is 2. The minimum atomic E-state index is 0.926. The second-order valence-corrected chi connectivity index (χ2v) is 5.28. The fourth-order valence-corrected chi connectivity index (χ4v) is 2.65. The Labute approximate surface area is 104 Å². The molecule has 0 radical (unpaired) electrons. The molecule has 1 aliphatic rings. The molecule has 0 bridgehead atoms. The molecule has 0 saturated heterocycles. The van der Waals surface area contributed by atoms with Crippen molar-refractivity contribution in [1.29, 1.82) is 0 Å². The standard InChI is InChI=1S/C13H24N4/c1-10-12(13(14-2)17(4)15-10)9-16(3)8-11-6-5-7-11/h11,14H,5-9H2,1-4H3. The lowest BCUT2D eigenvalue weighted by Gasteiger charge is -2.30. The zero-order valence-electron chi connectivity index (χ0n) is 11.5. The van der Waals surface area contributed by atoms with E-state index in [1.807, 2.05) is 18.8 Å². The highest BCUT2D eigenvalue weighted by molar-refractivity contribution is 5.46. The van der Waals surface area contributed by atoms with Gasteiger partial charge in [0.15, 0.2) is 0 Å². The average molecular weight is 236 g/mol. The van der Waals surface area contributed by atoms with Crippen molar-refractivity contribution in [3.05, 3.63) is 11.3 Å². The third kappa shape index (κ3) is 2.63.